The molecule has 0 saturated carbocycles. The highest BCUT2D eigenvalue weighted by molar-refractivity contribution is 7.89. The summed E-state index contributed by atoms with van der Waals surface area (Å²) in [6, 6.07) is 11.4. The lowest BCUT2D eigenvalue weighted by atomic mass is 10.2. The van der Waals surface area contributed by atoms with E-state index in [0.29, 0.717) is 5.69 Å². The zero-order chi connectivity index (χ0) is 14.8. The average molecular weight is 331 g/mol. The van der Waals surface area contributed by atoms with Crippen LogP contribution in [0, 0.1) is 0 Å². The van der Waals surface area contributed by atoms with Gasteiger partial charge in [-0.15, -0.1) is 0 Å². The topological polar surface area (TPSA) is 72.2 Å². The molecule has 0 bridgehead atoms. The van der Waals surface area contributed by atoms with Crippen LogP contribution in [0.4, 0.5) is 5.69 Å². The second-order valence-corrected chi connectivity index (χ2v) is 6.64. The van der Waals surface area contributed by atoms with Gasteiger partial charge in [0.1, 0.15) is 4.90 Å². The highest BCUT2D eigenvalue weighted by Crippen LogP contribution is 2.28. The molecule has 0 aromatic heterocycles. The van der Waals surface area contributed by atoms with Gasteiger partial charge in [0.15, 0.2) is 0 Å². The Morgan fingerprint density at radius 1 is 1.00 bits per heavy atom. The minimum absolute atomic E-state index is 0.0855. The number of halogens is 2. The molecule has 0 aliphatic rings. The summed E-state index contributed by atoms with van der Waals surface area (Å²) in [5.41, 5.74) is 6.97. The minimum Gasteiger partial charge on any atom is -0.399 e. The van der Waals surface area contributed by atoms with Crippen molar-refractivity contribution in [2.24, 2.45) is 0 Å². The third-order valence-electron chi connectivity index (χ3n) is 2.63. The van der Waals surface area contributed by atoms with E-state index >= 15 is 0 Å². The Labute approximate surface area is 127 Å². The molecule has 2 rings (SSSR count). The second kappa shape index (κ2) is 6.01. The summed E-state index contributed by atoms with van der Waals surface area (Å²) in [6.07, 6.45) is 0. The normalized spacial score (nSPS) is 11.5. The first-order valence-corrected chi connectivity index (χ1v) is 7.92. The van der Waals surface area contributed by atoms with Crippen LogP contribution < -0.4 is 10.5 Å². The van der Waals surface area contributed by atoms with E-state index in [0.717, 1.165) is 5.56 Å². The predicted octanol–water partition coefficient (Wildman–Crippen LogP) is 3.05. The van der Waals surface area contributed by atoms with Gasteiger partial charge in [-0.1, -0.05) is 41.4 Å². The molecular formula is C13H12Cl2N2O2S. The molecule has 3 N–H and O–H groups in total. The predicted molar refractivity (Wildman–Crippen MR) is 81.3 cm³/mol. The number of hydrogen-bond donors (Lipinski definition) is 2. The Hall–Kier alpha value is -1.27. The summed E-state index contributed by atoms with van der Waals surface area (Å²) in [5.74, 6) is 0. The zero-order valence-electron chi connectivity index (χ0n) is 10.3. The fourth-order valence-corrected chi connectivity index (χ4v) is 3.78. The van der Waals surface area contributed by atoms with Gasteiger partial charge >= 0.3 is 0 Å². The Balaban J connectivity index is 2.22. The minimum atomic E-state index is -3.78. The van der Waals surface area contributed by atoms with Crippen molar-refractivity contribution >= 4 is 38.9 Å². The van der Waals surface area contributed by atoms with E-state index in [1.807, 2.05) is 0 Å². The number of nitrogens with two attached hydrogens (primary N) is 1. The molecule has 2 aromatic rings. The van der Waals surface area contributed by atoms with E-state index in [1.54, 1.807) is 30.3 Å². The molecule has 7 heteroatoms. The maximum Gasteiger partial charge on any atom is 0.243 e. The highest BCUT2D eigenvalue weighted by Gasteiger charge is 2.20. The van der Waals surface area contributed by atoms with Crippen LogP contribution in [-0.4, -0.2) is 8.42 Å². The van der Waals surface area contributed by atoms with E-state index in [2.05, 4.69) is 4.72 Å². The Morgan fingerprint density at radius 2 is 1.55 bits per heavy atom. The fourth-order valence-electron chi connectivity index (χ4n) is 1.63. The largest absolute Gasteiger partial charge is 0.399 e. The Bertz CT molecular complexity index is 695. The monoisotopic (exact) mass is 330 g/mol. The Kier molecular flexibility index (Phi) is 4.55. The molecule has 2 aromatic carbocycles. The fraction of sp³-hybridized carbons (Fsp3) is 0.0769. The number of nitrogen functional groups attached to an aromatic ring is 1. The van der Waals surface area contributed by atoms with Crippen molar-refractivity contribution in [3.63, 3.8) is 0 Å². The molecule has 0 fully saturated rings. The lowest BCUT2D eigenvalue weighted by Gasteiger charge is -2.10. The van der Waals surface area contributed by atoms with Crippen molar-refractivity contribution in [1.29, 1.82) is 0 Å². The van der Waals surface area contributed by atoms with Crippen molar-refractivity contribution in [1.82, 2.24) is 4.72 Å². The second-order valence-electron chi connectivity index (χ2n) is 4.12. The van der Waals surface area contributed by atoms with Gasteiger partial charge in [-0.3, -0.25) is 0 Å². The molecule has 4 nitrogen and oxygen atoms in total. The van der Waals surface area contributed by atoms with Crippen LogP contribution >= 0.6 is 23.2 Å². The summed E-state index contributed by atoms with van der Waals surface area (Å²) < 4.78 is 26.9. The van der Waals surface area contributed by atoms with Crippen molar-refractivity contribution in [3.05, 3.63) is 58.1 Å². The molecular weight excluding hydrogens is 319 g/mol. The molecule has 0 aliphatic heterocycles. The summed E-state index contributed by atoms with van der Waals surface area (Å²) >= 11 is 11.8. The maximum atomic E-state index is 12.2. The number of rotatable bonds is 4. The molecule has 20 heavy (non-hydrogen) atoms. The first-order valence-electron chi connectivity index (χ1n) is 5.68. The van der Waals surface area contributed by atoms with Crippen LogP contribution in [0.1, 0.15) is 5.56 Å². The van der Waals surface area contributed by atoms with Gasteiger partial charge in [0, 0.05) is 12.2 Å². The van der Waals surface area contributed by atoms with Gasteiger partial charge < -0.3 is 5.73 Å². The summed E-state index contributed by atoms with van der Waals surface area (Å²) in [4.78, 5) is -0.112. The molecule has 0 aliphatic carbocycles. The number of sulfonamides is 1. The first kappa shape index (κ1) is 15.1. The summed E-state index contributed by atoms with van der Waals surface area (Å²) in [7, 11) is -3.78. The molecule has 0 atom stereocenters. The van der Waals surface area contributed by atoms with Crippen molar-refractivity contribution in [2.45, 2.75) is 11.4 Å². The zero-order valence-corrected chi connectivity index (χ0v) is 12.6. The Morgan fingerprint density at radius 3 is 2.10 bits per heavy atom. The van der Waals surface area contributed by atoms with E-state index < -0.39 is 10.0 Å². The van der Waals surface area contributed by atoms with Gasteiger partial charge in [-0.25, -0.2) is 13.1 Å². The highest BCUT2D eigenvalue weighted by atomic mass is 35.5. The van der Waals surface area contributed by atoms with Gasteiger partial charge in [0.2, 0.25) is 10.0 Å². The summed E-state index contributed by atoms with van der Waals surface area (Å²) in [6.45, 7) is 0.129. The van der Waals surface area contributed by atoms with Crippen LogP contribution in [-0.2, 0) is 16.6 Å². The van der Waals surface area contributed by atoms with Crippen molar-refractivity contribution in [2.75, 3.05) is 5.73 Å². The lowest BCUT2D eigenvalue weighted by Crippen LogP contribution is -2.23. The molecule has 106 valence electrons. The molecule has 0 saturated heterocycles. The first-order chi connectivity index (χ1) is 9.40. The average Bonchev–Trinajstić information content (AvgIpc) is 2.37. The molecule has 0 radical (unpaired) electrons. The van der Waals surface area contributed by atoms with Gasteiger partial charge in [-0.2, -0.15) is 0 Å². The van der Waals surface area contributed by atoms with Crippen molar-refractivity contribution in [3.8, 4) is 0 Å². The molecule has 0 unspecified atom stereocenters. The van der Waals surface area contributed by atoms with Gasteiger partial charge in [-0.05, 0) is 29.8 Å². The van der Waals surface area contributed by atoms with Crippen LogP contribution in [0.5, 0.6) is 0 Å². The lowest BCUT2D eigenvalue weighted by molar-refractivity contribution is 0.581. The van der Waals surface area contributed by atoms with E-state index in [-0.39, 0.29) is 21.5 Å². The van der Waals surface area contributed by atoms with Crippen LogP contribution in [0.3, 0.4) is 0 Å². The molecule has 0 spiro atoms. The van der Waals surface area contributed by atoms with Crippen molar-refractivity contribution < 1.29 is 8.42 Å². The number of benzene rings is 2. The smallest absolute Gasteiger partial charge is 0.243 e. The molecule has 0 heterocycles. The number of anilines is 1. The van der Waals surface area contributed by atoms with Gasteiger partial charge in [0.05, 0.1) is 10.0 Å². The van der Waals surface area contributed by atoms with Gasteiger partial charge in [0.25, 0.3) is 0 Å². The third kappa shape index (κ3) is 3.43. The quantitative estimate of drug-likeness (QED) is 0.846. The SMILES string of the molecule is Nc1ccc(CNS(=O)(=O)c2c(Cl)cccc2Cl)cc1. The third-order valence-corrected chi connectivity index (χ3v) is 4.99. The van der Waals surface area contributed by atoms with Crippen LogP contribution in [0.15, 0.2) is 47.4 Å². The molecule has 0 amide bonds. The number of hydrogen-bond acceptors (Lipinski definition) is 3. The number of nitrogens with one attached hydrogen (secondary N) is 1. The maximum absolute atomic E-state index is 12.2. The van der Waals surface area contributed by atoms with Crippen LogP contribution in [0.25, 0.3) is 0 Å². The van der Waals surface area contributed by atoms with E-state index in [4.69, 9.17) is 28.9 Å². The van der Waals surface area contributed by atoms with Crippen LogP contribution in [0.2, 0.25) is 10.0 Å². The standard InChI is InChI=1S/C13H12Cl2N2O2S/c14-11-2-1-3-12(15)13(11)20(18,19)17-8-9-4-6-10(16)7-5-9/h1-7,17H,8,16H2. The van der Waals surface area contributed by atoms with E-state index in [1.165, 1.54) is 12.1 Å². The summed E-state index contributed by atoms with van der Waals surface area (Å²) in [5, 5.41) is 0.171. The van der Waals surface area contributed by atoms with E-state index in [9.17, 15) is 8.42 Å².